The summed E-state index contributed by atoms with van der Waals surface area (Å²) >= 11 is 6.08. The van der Waals surface area contributed by atoms with Crippen molar-refractivity contribution < 1.29 is 14.8 Å². The molecule has 0 saturated carbocycles. The number of carboxylic acids is 1. The van der Waals surface area contributed by atoms with Gasteiger partial charge in [-0.1, -0.05) is 11.6 Å². The quantitative estimate of drug-likeness (QED) is 0.682. The summed E-state index contributed by atoms with van der Waals surface area (Å²) in [5.74, 6) is -0.790. The zero-order valence-electron chi connectivity index (χ0n) is 11.7. The van der Waals surface area contributed by atoms with Crippen LogP contribution in [0.15, 0.2) is 18.2 Å². The second kappa shape index (κ2) is 5.99. The van der Waals surface area contributed by atoms with Crippen molar-refractivity contribution in [2.75, 3.05) is 13.1 Å². The molecular formula is C14H17ClN2O4. The number of hydrogen-bond donors (Lipinski definition) is 1. The molecule has 1 fully saturated rings. The molecule has 1 aliphatic rings. The number of nitrogens with zero attached hydrogens (tertiary/aromatic N) is 2. The van der Waals surface area contributed by atoms with E-state index in [1.54, 1.807) is 13.0 Å². The highest BCUT2D eigenvalue weighted by molar-refractivity contribution is 6.31. The number of halogens is 1. The van der Waals surface area contributed by atoms with Gasteiger partial charge in [-0.15, -0.1) is 0 Å². The number of hydrogen-bond acceptors (Lipinski definition) is 4. The molecule has 1 unspecified atom stereocenters. The third-order valence-corrected chi connectivity index (χ3v) is 4.29. The number of non-ortho nitro benzene ring substituents is 1. The Morgan fingerprint density at radius 3 is 2.86 bits per heavy atom. The lowest BCUT2D eigenvalue weighted by Crippen LogP contribution is -2.45. The number of piperidine rings is 1. The number of benzene rings is 1. The van der Waals surface area contributed by atoms with E-state index in [2.05, 4.69) is 0 Å². The van der Waals surface area contributed by atoms with Gasteiger partial charge in [0, 0.05) is 25.2 Å². The molecule has 0 aromatic heterocycles. The van der Waals surface area contributed by atoms with Crippen LogP contribution >= 0.6 is 11.6 Å². The molecule has 1 heterocycles. The van der Waals surface area contributed by atoms with Crippen molar-refractivity contribution in [2.24, 2.45) is 5.41 Å². The topological polar surface area (TPSA) is 83.7 Å². The molecule has 21 heavy (non-hydrogen) atoms. The van der Waals surface area contributed by atoms with Crippen molar-refractivity contribution in [3.8, 4) is 0 Å². The predicted molar refractivity (Wildman–Crippen MR) is 78.4 cm³/mol. The van der Waals surface area contributed by atoms with Gasteiger partial charge in [0.15, 0.2) is 0 Å². The van der Waals surface area contributed by atoms with E-state index in [9.17, 15) is 20.0 Å². The van der Waals surface area contributed by atoms with Crippen LogP contribution in [0.4, 0.5) is 5.69 Å². The van der Waals surface area contributed by atoms with Crippen molar-refractivity contribution in [3.63, 3.8) is 0 Å². The first-order valence-corrected chi connectivity index (χ1v) is 7.08. The number of carbonyl (C=O) groups is 1. The maximum Gasteiger partial charge on any atom is 0.310 e. The minimum Gasteiger partial charge on any atom is -0.481 e. The van der Waals surface area contributed by atoms with Crippen molar-refractivity contribution in [2.45, 2.75) is 26.3 Å². The van der Waals surface area contributed by atoms with Crippen molar-refractivity contribution in [3.05, 3.63) is 38.9 Å². The highest BCUT2D eigenvalue weighted by Gasteiger charge is 2.37. The van der Waals surface area contributed by atoms with Crippen LogP contribution in [-0.4, -0.2) is 34.0 Å². The fraction of sp³-hybridized carbons (Fsp3) is 0.500. The molecule has 0 spiro atoms. The summed E-state index contributed by atoms with van der Waals surface area (Å²) in [7, 11) is 0. The van der Waals surface area contributed by atoms with Gasteiger partial charge < -0.3 is 5.11 Å². The fourth-order valence-corrected chi connectivity index (χ4v) is 2.91. The van der Waals surface area contributed by atoms with Gasteiger partial charge in [0.2, 0.25) is 0 Å². The summed E-state index contributed by atoms with van der Waals surface area (Å²) < 4.78 is 0. The van der Waals surface area contributed by atoms with Gasteiger partial charge in [-0.05, 0) is 37.9 Å². The van der Waals surface area contributed by atoms with E-state index in [0.717, 1.165) is 18.5 Å². The summed E-state index contributed by atoms with van der Waals surface area (Å²) in [5, 5.41) is 20.3. The van der Waals surface area contributed by atoms with E-state index in [4.69, 9.17) is 11.6 Å². The minimum atomic E-state index is -0.790. The van der Waals surface area contributed by atoms with Crippen LogP contribution in [0, 0.1) is 15.5 Å². The number of likely N-dealkylation sites (tertiary alicyclic amines) is 1. The molecule has 0 bridgehead atoms. The van der Waals surface area contributed by atoms with Crippen LogP contribution < -0.4 is 0 Å². The van der Waals surface area contributed by atoms with E-state index in [1.165, 1.54) is 12.1 Å². The van der Waals surface area contributed by atoms with Gasteiger partial charge in [0.05, 0.1) is 15.4 Å². The zero-order valence-corrected chi connectivity index (χ0v) is 12.5. The molecule has 1 N–H and O–H groups in total. The van der Waals surface area contributed by atoms with Crippen LogP contribution in [0.3, 0.4) is 0 Å². The van der Waals surface area contributed by atoms with E-state index >= 15 is 0 Å². The summed E-state index contributed by atoms with van der Waals surface area (Å²) in [6, 6.07) is 4.38. The Hall–Kier alpha value is -1.66. The number of nitro benzene ring substituents is 1. The Kier molecular flexibility index (Phi) is 4.49. The number of rotatable bonds is 4. The third kappa shape index (κ3) is 3.51. The standard InChI is InChI=1S/C14H17ClN2O4/c1-14(13(18)19)5-2-6-16(9-14)8-10-3-4-11(17(20)21)7-12(10)15/h3-4,7H,2,5-6,8-9H2,1H3,(H,18,19). The highest BCUT2D eigenvalue weighted by Crippen LogP contribution is 2.31. The summed E-state index contributed by atoms with van der Waals surface area (Å²) in [6.07, 6.45) is 1.47. The lowest BCUT2D eigenvalue weighted by atomic mass is 9.82. The van der Waals surface area contributed by atoms with Gasteiger partial charge in [0.1, 0.15) is 0 Å². The zero-order chi connectivity index (χ0) is 15.6. The monoisotopic (exact) mass is 312 g/mol. The van der Waals surface area contributed by atoms with E-state index < -0.39 is 16.3 Å². The minimum absolute atomic E-state index is 0.0437. The van der Waals surface area contributed by atoms with Crippen molar-refractivity contribution in [1.29, 1.82) is 0 Å². The second-order valence-corrected chi connectivity index (χ2v) is 6.12. The molecule has 1 saturated heterocycles. The van der Waals surface area contributed by atoms with Crippen LogP contribution in [0.1, 0.15) is 25.3 Å². The first kappa shape index (κ1) is 15.7. The Balaban J connectivity index is 2.11. The lowest BCUT2D eigenvalue weighted by Gasteiger charge is -2.37. The Bertz CT molecular complexity index is 578. The molecule has 7 heteroatoms. The molecule has 0 amide bonds. The maximum absolute atomic E-state index is 11.3. The molecule has 1 atom stereocenters. The second-order valence-electron chi connectivity index (χ2n) is 5.71. The average Bonchev–Trinajstić information content (AvgIpc) is 2.41. The first-order chi connectivity index (χ1) is 9.82. The smallest absolute Gasteiger partial charge is 0.310 e. The molecule has 1 aromatic rings. The van der Waals surface area contributed by atoms with E-state index in [0.29, 0.717) is 24.5 Å². The van der Waals surface area contributed by atoms with Crippen molar-refractivity contribution in [1.82, 2.24) is 4.90 Å². The fourth-order valence-electron chi connectivity index (χ4n) is 2.67. The lowest BCUT2D eigenvalue weighted by molar-refractivity contribution is -0.384. The molecule has 114 valence electrons. The molecule has 0 aliphatic carbocycles. The van der Waals surface area contributed by atoms with Crippen LogP contribution in [0.5, 0.6) is 0 Å². The summed E-state index contributed by atoms with van der Waals surface area (Å²) in [5.41, 5.74) is -0.0134. The summed E-state index contributed by atoms with van der Waals surface area (Å²) in [6.45, 7) is 3.50. The molecular weight excluding hydrogens is 296 g/mol. The molecule has 1 aliphatic heterocycles. The first-order valence-electron chi connectivity index (χ1n) is 6.70. The molecule has 0 radical (unpaired) electrons. The SMILES string of the molecule is CC1(C(=O)O)CCCN(Cc2ccc([N+](=O)[O-])cc2Cl)C1. The van der Waals surface area contributed by atoms with Crippen molar-refractivity contribution >= 4 is 23.3 Å². The molecule has 6 nitrogen and oxygen atoms in total. The van der Waals surface area contributed by atoms with Gasteiger partial charge >= 0.3 is 5.97 Å². The molecule has 1 aromatic carbocycles. The van der Waals surface area contributed by atoms with Gasteiger partial charge in [-0.25, -0.2) is 0 Å². The number of nitro groups is 1. The van der Waals surface area contributed by atoms with E-state index in [1.807, 2.05) is 4.90 Å². The van der Waals surface area contributed by atoms with Gasteiger partial charge in [-0.3, -0.25) is 19.8 Å². The average molecular weight is 313 g/mol. The van der Waals surface area contributed by atoms with Gasteiger partial charge in [-0.2, -0.15) is 0 Å². The Labute approximate surface area is 127 Å². The van der Waals surface area contributed by atoms with Gasteiger partial charge in [0.25, 0.3) is 5.69 Å². The van der Waals surface area contributed by atoms with E-state index in [-0.39, 0.29) is 5.69 Å². The Morgan fingerprint density at radius 2 is 2.29 bits per heavy atom. The largest absolute Gasteiger partial charge is 0.481 e. The van der Waals surface area contributed by atoms with Crippen LogP contribution in [0.25, 0.3) is 0 Å². The number of aliphatic carboxylic acids is 1. The predicted octanol–water partition coefficient (Wildman–Crippen LogP) is 2.93. The highest BCUT2D eigenvalue weighted by atomic mass is 35.5. The Morgan fingerprint density at radius 1 is 1.57 bits per heavy atom. The molecule has 2 rings (SSSR count). The maximum atomic E-state index is 11.3. The number of carboxylic acid groups (broad SMARTS) is 1. The third-order valence-electron chi connectivity index (χ3n) is 3.93. The summed E-state index contributed by atoms with van der Waals surface area (Å²) in [4.78, 5) is 23.6. The van der Waals surface area contributed by atoms with Crippen LogP contribution in [0.2, 0.25) is 5.02 Å². The van der Waals surface area contributed by atoms with Crippen LogP contribution in [-0.2, 0) is 11.3 Å². The normalized spacial score (nSPS) is 23.0.